The van der Waals surface area contributed by atoms with Crippen LogP contribution in [0.3, 0.4) is 0 Å². The fourth-order valence-electron chi connectivity index (χ4n) is 0.683. The lowest BCUT2D eigenvalue weighted by molar-refractivity contribution is 0.482. The van der Waals surface area contributed by atoms with Gasteiger partial charge in [0, 0.05) is 0 Å². The van der Waals surface area contributed by atoms with Gasteiger partial charge in [-0.1, -0.05) is 17.7 Å². The molecule has 1 rings (SSSR count). The van der Waals surface area contributed by atoms with Crippen molar-refractivity contribution in [3.63, 3.8) is 0 Å². The summed E-state index contributed by atoms with van der Waals surface area (Å²) >= 11 is 8.54. The quantitative estimate of drug-likeness (QED) is 0.812. The van der Waals surface area contributed by atoms with E-state index in [0.29, 0.717) is 0 Å². The lowest BCUT2D eigenvalue weighted by Gasteiger charge is -2.00. The van der Waals surface area contributed by atoms with Gasteiger partial charge in [0.05, 0.1) is 9.50 Å². The topological polar surface area (TPSA) is 54.4 Å². The molecular weight excluding hydrogens is 303 g/mol. The summed E-state index contributed by atoms with van der Waals surface area (Å²) in [5.74, 6) is 0. The van der Waals surface area contributed by atoms with E-state index in [1.54, 1.807) is 0 Å². The van der Waals surface area contributed by atoms with Crippen molar-refractivity contribution in [2.75, 3.05) is 0 Å². The van der Waals surface area contributed by atoms with Gasteiger partial charge < -0.3 is 0 Å². The van der Waals surface area contributed by atoms with Gasteiger partial charge in [0.25, 0.3) is 10.1 Å². The first-order valence-electron chi connectivity index (χ1n) is 2.84. The predicted molar refractivity (Wildman–Crippen MR) is 56.2 cm³/mol. The zero-order valence-electron chi connectivity index (χ0n) is 6.07. The summed E-state index contributed by atoms with van der Waals surface area (Å²) in [6.07, 6.45) is 0. The first-order chi connectivity index (χ1) is 5.43. The van der Waals surface area contributed by atoms with E-state index in [1.807, 2.05) is 0 Å². The smallest absolute Gasteiger partial charge is 0.282 e. The van der Waals surface area contributed by atoms with E-state index < -0.39 is 10.1 Å². The second kappa shape index (κ2) is 4.61. The molecule has 0 radical (unpaired) electrons. The van der Waals surface area contributed by atoms with Crippen LogP contribution in [0.4, 0.5) is 0 Å². The Hall–Kier alpha value is 0.190. The molecule has 0 heterocycles. The molecule has 0 aliphatic heterocycles. The Morgan fingerprint density at radius 2 is 1.92 bits per heavy atom. The average molecular weight is 308 g/mol. The number of halogens is 3. The summed E-state index contributed by atoms with van der Waals surface area (Å²) in [4.78, 5) is -0.227. The summed E-state index contributed by atoms with van der Waals surface area (Å²) in [5.41, 5.74) is 0. The van der Waals surface area contributed by atoms with Crippen LogP contribution in [0.5, 0.6) is 0 Å². The van der Waals surface area contributed by atoms with Crippen LogP contribution >= 0.6 is 39.9 Å². The van der Waals surface area contributed by atoms with Crippen molar-refractivity contribution < 1.29 is 13.0 Å². The maximum atomic E-state index is 10.7. The average Bonchev–Trinajstić information content (AvgIpc) is 1.92. The van der Waals surface area contributed by atoms with Crippen LogP contribution in [0, 0.1) is 0 Å². The molecule has 1 aromatic carbocycles. The molecule has 0 unspecified atom stereocenters. The van der Waals surface area contributed by atoms with Crippen molar-refractivity contribution in [2.45, 2.75) is 4.90 Å². The van der Waals surface area contributed by atoms with Gasteiger partial charge in [0.1, 0.15) is 4.90 Å². The standard InChI is InChI=1S/C6H4BrClO3S.ClH/c7-6-4(8)2-1-3-5(6)12(9,10)11;/h1-3H,(H,9,10,11);1H. The first kappa shape index (κ1) is 13.2. The van der Waals surface area contributed by atoms with Crippen LogP contribution in [0.2, 0.25) is 5.02 Å². The number of benzene rings is 1. The van der Waals surface area contributed by atoms with E-state index in [-0.39, 0.29) is 26.8 Å². The summed E-state index contributed by atoms with van der Waals surface area (Å²) < 4.78 is 30.2. The van der Waals surface area contributed by atoms with Crippen molar-refractivity contribution in [3.8, 4) is 0 Å². The minimum absolute atomic E-state index is 0. The van der Waals surface area contributed by atoms with Gasteiger partial charge in [-0.3, -0.25) is 4.55 Å². The monoisotopic (exact) mass is 306 g/mol. The Balaban J connectivity index is 0.00000144. The molecule has 3 nitrogen and oxygen atoms in total. The van der Waals surface area contributed by atoms with Gasteiger partial charge in [0.15, 0.2) is 0 Å². The maximum absolute atomic E-state index is 10.7. The van der Waals surface area contributed by atoms with Gasteiger partial charge in [-0.05, 0) is 28.1 Å². The van der Waals surface area contributed by atoms with Crippen LogP contribution in [0.15, 0.2) is 27.6 Å². The van der Waals surface area contributed by atoms with E-state index >= 15 is 0 Å². The third-order valence-electron chi connectivity index (χ3n) is 1.19. The van der Waals surface area contributed by atoms with Crippen molar-refractivity contribution in [1.29, 1.82) is 0 Å². The highest BCUT2D eigenvalue weighted by molar-refractivity contribution is 9.10. The Kier molecular flexibility index (Phi) is 4.68. The van der Waals surface area contributed by atoms with Crippen LogP contribution < -0.4 is 0 Å². The van der Waals surface area contributed by atoms with Gasteiger partial charge in [-0.2, -0.15) is 8.42 Å². The third kappa shape index (κ3) is 3.11. The molecule has 0 fully saturated rings. The highest BCUT2D eigenvalue weighted by Gasteiger charge is 2.15. The molecule has 7 heteroatoms. The Bertz CT molecular complexity index is 404. The molecule has 0 aromatic heterocycles. The minimum atomic E-state index is -4.19. The molecule has 0 atom stereocenters. The predicted octanol–water partition coefficient (Wildman–Crippen LogP) is 2.77. The molecule has 74 valence electrons. The number of hydrogen-bond acceptors (Lipinski definition) is 2. The molecule has 0 saturated carbocycles. The minimum Gasteiger partial charge on any atom is -0.282 e. The second-order valence-corrected chi connectivity index (χ2v) is 4.62. The first-order valence-corrected chi connectivity index (χ1v) is 5.45. The largest absolute Gasteiger partial charge is 0.295 e. The Morgan fingerprint density at radius 3 is 2.31 bits per heavy atom. The molecular formula is C6H5BrCl2O3S. The van der Waals surface area contributed by atoms with Gasteiger partial charge in [0.2, 0.25) is 0 Å². The lowest BCUT2D eigenvalue weighted by Crippen LogP contribution is -1.98. The Morgan fingerprint density at radius 1 is 1.38 bits per heavy atom. The van der Waals surface area contributed by atoms with Gasteiger partial charge >= 0.3 is 0 Å². The van der Waals surface area contributed by atoms with Crippen LogP contribution in [-0.2, 0) is 10.1 Å². The zero-order chi connectivity index (χ0) is 9.35. The van der Waals surface area contributed by atoms with Crippen LogP contribution in [0.25, 0.3) is 0 Å². The van der Waals surface area contributed by atoms with E-state index in [9.17, 15) is 8.42 Å². The van der Waals surface area contributed by atoms with Gasteiger partial charge in [-0.15, -0.1) is 12.4 Å². The molecule has 0 bridgehead atoms. The number of rotatable bonds is 1. The SMILES string of the molecule is Cl.O=S(=O)(O)c1cccc(Cl)c1Br. The van der Waals surface area contributed by atoms with Gasteiger partial charge in [-0.25, -0.2) is 0 Å². The highest BCUT2D eigenvalue weighted by Crippen LogP contribution is 2.28. The lowest BCUT2D eigenvalue weighted by atomic mass is 10.4. The third-order valence-corrected chi connectivity index (χ3v) is 3.75. The number of hydrogen-bond donors (Lipinski definition) is 1. The fourth-order valence-corrected chi connectivity index (χ4v) is 2.38. The molecule has 13 heavy (non-hydrogen) atoms. The van der Waals surface area contributed by atoms with Crippen molar-refractivity contribution in [2.24, 2.45) is 0 Å². The molecule has 0 saturated heterocycles. The fraction of sp³-hybridized carbons (Fsp3) is 0. The highest BCUT2D eigenvalue weighted by atomic mass is 79.9. The van der Waals surface area contributed by atoms with Crippen LogP contribution in [0.1, 0.15) is 0 Å². The second-order valence-electron chi connectivity index (χ2n) is 2.03. The van der Waals surface area contributed by atoms with Crippen molar-refractivity contribution in [3.05, 3.63) is 27.7 Å². The molecule has 0 spiro atoms. The molecule has 0 aliphatic carbocycles. The molecule has 0 aliphatic rings. The zero-order valence-corrected chi connectivity index (χ0v) is 10.0. The van der Waals surface area contributed by atoms with E-state index in [4.69, 9.17) is 16.2 Å². The summed E-state index contributed by atoms with van der Waals surface area (Å²) in [6.45, 7) is 0. The normalized spacial score (nSPS) is 10.7. The van der Waals surface area contributed by atoms with E-state index in [1.165, 1.54) is 18.2 Å². The molecule has 0 amide bonds. The molecule has 1 N–H and O–H groups in total. The maximum Gasteiger partial charge on any atom is 0.295 e. The summed E-state index contributed by atoms with van der Waals surface area (Å²) in [7, 11) is -4.19. The van der Waals surface area contributed by atoms with Crippen molar-refractivity contribution >= 4 is 50.1 Å². The van der Waals surface area contributed by atoms with E-state index in [2.05, 4.69) is 15.9 Å². The van der Waals surface area contributed by atoms with E-state index in [0.717, 1.165) is 0 Å². The summed E-state index contributed by atoms with van der Waals surface area (Å²) in [5, 5.41) is 0.241. The molecule has 1 aromatic rings. The van der Waals surface area contributed by atoms with Crippen LogP contribution in [-0.4, -0.2) is 13.0 Å². The summed E-state index contributed by atoms with van der Waals surface area (Å²) in [6, 6.07) is 4.21. The van der Waals surface area contributed by atoms with Crippen molar-refractivity contribution in [1.82, 2.24) is 0 Å². The Labute approximate surface area is 95.4 Å².